The number of rotatable bonds is 13. The molecule has 25 nitrogen and oxygen atoms in total. The van der Waals surface area contributed by atoms with Gasteiger partial charge in [0, 0.05) is 35.4 Å². The maximum absolute atomic E-state index is 11.7. The summed E-state index contributed by atoms with van der Waals surface area (Å²) in [5.41, 5.74) is 53.5. The molecule has 105 heavy (non-hydrogen) atoms. The number of oxime groups is 1. The molecule has 1 aliphatic rings. The Hall–Kier alpha value is -13.8. The van der Waals surface area contributed by atoms with Gasteiger partial charge in [-0.25, -0.2) is 9.98 Å². The van der Waals surface area contributed by atoms with Gasteiger partial charge >= 0.3 is 6.36 Å². The van der Waals surface area contributed by atoms with E-state index in [1.165, 1.54) is 43.6 Å². The third-order valence-corrected chi connectivity index (χ3v) is 13.2. The molecule has 0 atom stereocenters. The molecule has 8 aromatic rings. The molecule has 0 spiro atoms. The van der Waals surface area contributed by atoms with E-state index in [-0.39, 0.29) is 53.2 Å². The zero-order valence-electron chi connectivity index (χ0n) is 57.9. The van der Waals surface area contributed by atoms with Gasteiger partial charge < -0.3 is 51.6 Å². The van der Waals surface area contributed by atoms with E-state index in [0.29, 0.717) is 11.1 Å². The van der Waals surface area contributed by atoms with Crippen LogP contribution >= 0.6 is 0 Å². The molecular weight excluding hydrogens is 1350 g/mol. The number of hydrogen-bond donors (Lipinski definition) is 12. The van der Waals surface area contributed by atoms with E-state index < -0.39 is 36.0 Å². The number of amides is 6. The number of benzene rings is 8. The van der Waals surface area contributed by atoms with Crippen molar-refractivity contribution in [2.24, 2.45) is 81.7 Å². The van der Waals surface area contributed by atoms with E-state index >= 15 is 0 Å². The first kappa shape index (κ1) is 83.6. The molecule has 0 aromatic heterocycles. The summed E-state index contributed by atoms with van der Waals surface area (Å²) >= 11 is 0. The summed E-state index contributed by atoms with van der Waals surface area (Å²) in [7, 11) is 0. The Morgan fingerprint density at radius 2 is 0.800 bits per heavy atom. The van der Waals surface area contributed by atoms with E-state index in [4.69, 9.17) is 51.6 Å². The quantitative estimate of drug-likeness (QED) is 0.0221. The average Bonchev–Trinajstić information content (AvgIpc) is 0.819. The molecule has 1 fully saturated rings. The van der Waals surface area contributed by atoms with Crippen LogP contribution < -0.4 is 67.6 Å². The number of hydrogen-bond acceptors (Lipinski definition) is 10. The van der Waals surface area contributed by atoms with Crippen LogP contribution in [0.15, 0.2) is 273 Å². The molecule has 0 heterocycles. The lowest BCUT2D eigenvalue weighted by Gasteiger charge is -2.18. The molecule has 546 valence electrons. The molecule has 1 saturated carbocycles. The molecule has 0 radical (unpaired) electrons. The maximum atomic E-state index is 11.7. The van der Waals surface area contributed by atoms with Crippen molar-refractivity contribution in [1.29, 1.82) is 0 Å². The molecule has 9 rings (SSSR count). The standard InChI is InChI=1S/C16H21N3O.C14H13N3O.C14H19N3O.C12H11N3O.C11H10F3N3O2.C10H11N3O/c17-16(18-14-9-5-2-6-10-14)19-15(20)12-11-13-7-3-1-4-8-13;15-14(16)17-13(18)12-8-6-11(7-9-12)10-4-2-1-3-5-10;1-14(2,3)17-13(15)16-12(18)10-9-11-7-5-4-6-8-11;13-12(14)15-11(16)10-7-3-5-8-4-1-2-6-9(8)10;12-11(13,14)19-17-10(15)16-9(18)7-6-8-4-2-1-3-5-8;11-10(12)13-9(14)7-6-8-4-2-1-3-5-8/h1,3-4,7-8,11-12,14H,2,5-6,9-10H2,(H3,17,18,19,20);1-9H,(H4,15,16,17,18);4-10H,1-3H3,(H3,15,16,17,18);1-7H,(H4,13,14,15,16);1-7H,(H3,15,16,17,18);1-7H,(H4,11,12,13,14). The van der Waals surface area contributed by atoms with Crippen molar-refractivity contribution in [2.75, 3.05) is 0 Å². The van der Waals surface area contributed by atoms with Crippen LogP contribution in [0, 0.1) is 0 Å². The van der Waals surface area contributed by atoms with Crippen LogP contribution in [0.4, 0.5) is 13.2 Å². The lowest BCUT2D eigenvalue weighted by Crippen LogP contribution is -2.37. The molecule has 0 unspecified atom stereocenters. The van der Waals surface area contributed by atoms with E-state index in [1.54, 1.807) is 72.8 Å². The largest absolute Gasteiger partial charge is 0.593 e. The molecular formula is C77H85F3N18O7. The Bertz CT molecular complexity index is 4390. The zero-order valence-corrected chi connectivity index (χ0v) is 57.9. The fourth-order valence-electron chi connectivity index (χ4n) is 8.77. The van der Waals surface area contributed by atoms with Crippen molar-refractivity contribution >= 4 is 106 Å². The Morgan fingerprint density at radius 1 is 0.419 bits per heavy atom. The molecule has 0 bridgehead atoms. The number of aliphatic imine (C=N–C) groups is 5. The summed E-state index contributed by atoms with van der Waals surface area (Å²) in [6, 6.07) is 67.8. The number of fused-ring (bicyclic) bond motifs is 1. The molecule has 1 aliphatic carbocycles. The van der Waals surface area contributed by atoms with Crippen LogP contribution in [-0.4, -0.2) is 89.1 Å². The van der Waals surface area contributed by atoms with E-state index in [9.17, 15) is 41.9 Å². The van der Waals surface area contributed by atoms with E-state index in [2.05, 4.69) is 45.6 Å². The Balaban J connectivity index is 0.000000267. The Kier molecular flexibility index (Phi) is 35.9. The van der Waals surface area contributed by atoms with Gasteiger partial charge in [-0.1, -0.05) is 219 Å². The number of guanidine groups is 6. The number of nitrogens with two attached hydrogens (primary N) is 9. The predicted molar refractivity (Wildman–Crippen MR) is 412 cm³/mol. The summed E-state index contributed by atoms with van der Waals surface area (Å²) < 4.78 is 34.8. The highest BCUT2D eigenvalue weighted by molar-refractivity contribution is 6.11. The van der Waals surface area contributed by atoms with Crippen molar-refractivity contribution in [3.63, 3.8) is 0 Å². The number of carbonyl (C=O) groups excluding carboxylic acids is 6. The summed E-state index contributed by atoms with van der Waals surface area (Å²) in [4.78, 5) is 90.7. The van der Waals surface area contributed by atoms with Crippen LogP contribution in [0.2, 0.25) is 0 Å². The van der Waals surface area contributed by atoms with E-state index in [0.717, 1.165) is 63.1 Å². The predicted octanol–water partition coefficient (Wildman–Crippen LogP) is 9.50. The number of alkyl halides is 3. The topological polar surface area (TPSA) is 456 Å². The van der Waals surface area contributed by atoms with Gasteiger partial charge in [0.15, 0.2) is 29.8 Å². The first-order valence-electron chi connectivity index (χ1n) is 32.2. The number of nitrogens with zero attached hydrogens (tertiary/aromatic N) is 6. The molecule has 6 amide bonds. The van der Waals surface area contributed by atoms with Crippen molar-refractivity contribution in [3.8, 4) is 11.1 Å². The second-order valence-corrected chi connectivity index (χ2v) is 23.0. The van der Waals surface area contributed by atoms with Gasteiger partial charge in [0.2, 0.25) is 5.96 Å². The van der Waals surface area contributed by atoms with E-state index in [1.807, 2.05) is 190 Å². The van der Waals surface area contributed by atoms with Gasteiger partial charge in [-0.3, -0.25) is 49.6 Å². The lowest BCUT2D eigenvalue weighted by molar-refractivity contribution is -0.325. The van der Waals surface area contributed by atoms with Gasteiger partial charge in [-0.15, -0.1) is 13.2 Å². The monoisotopic (exact) mass is 1430 g/mol. The second-order valence-electron chi connectivity index (χ2n) is 23.0. The third-order valence-electron chi connectivity index (χ3n) is 13.2. The van der Waals surface area contributed by atoms with Crippen LogP contribution in [0.5, 0.6) is 0 Å². The highest BCUT2D eigenvalue weighted by atomic mass is 19.4. The minimum Gasteiger partial charge on any atom is -0.370 e. The Morgan fingerprint density at radius 3 is 1.24 bits per heavy atom. The summed E-state index contributed by atoms with van der Waals surface area (Å²) in [6.45, 7) is 5.73. The minimum atomic E-state index is -4.95. The summed E-state index contributed by atoms with van der Waals surface area (Å²) in [5.74, 6) is -3.70. The molecule has 28 heteroatoms. The number of nitrogens with one attached hydrogen (secondary N) is 3. The second kappa shape index (κ2) is 45.1. The Labute approximate surface area is 606 Å². The van der Waals surface area contributed by atoms with Crippen molar-refractivity contribution in [3.05, 3.63) is 276 Å². The summed E-state index contributed by atoms with van der Waals surface area (Å²) in [5, 5.41) is 11.3. The first-order chi connectivity index (χ1) is 50.0. The fraction of sp³-hybridized carbons (Fsp3) is 0.143. The molecule has 0 saturated heterocycles. The highest BCUT2D eigenvalue weighted by Crippen LogP contribution is 2.22. The SMILES string of the molecule is CC(C)(C)N=C(N)NC(=O)C=Cc1ccccc1.NC(=NC1CCCCC1)NC(=O)C=Cc1ccccc1.NC(=NOC(F)(F)F)NC(=O)C=Cc1ccccc1.NC(N)=NC(=O)C=Cc1ccccc1.NC(N)=NC(=O)c1ccc(-c2ccccc2)cc1.NC(N)=NC(=O)c1cccc2ccccc12. The van der Waals surface area contributed by atoms with Gasteiger partial charge in [0.05, 0.1) is 11.6 Å². The lowest BCUT2D eigenvalue weighted by atomic mass is 9.96. The van der Waals surface area contributed by atoms with Crippen LogP contribution in [0.1, 0.15) is 95.8 Å². The minimum absolute atomic E-state index is 0.130. The third kappa shape index (κ3) is 37.8. The average molecular weight is 1430 g/mol. The maximum Gasteiger partial charge on any atom is 0.593 e. The van der Waals surface area contributed by atoms with Crippen LogP contribution in [0.3, 0.4) is 0 Å². The van der Waals surface area contributed by atoms with Gasteiger partial charge in [-0.2, -0.15) is 15.0 Å². The van der Waals surface area contributed by atoms with Crippen LogP contribution in [-0.2, 0) is 24.0 Å². The zero-order chi connectivity index (χ0) is 77.0. The van der Waals surface area contributed by atoms with Crippen molar-refractivity contribution < 1.29 is 46.8 Å². The van der Waals surface area contributed by atoms with Gasteiger partial charge in [-0.05, 0) is 125 Å². The number of carbonyl (C=O) groups is 6. The van der Waals surface area contributed by atoms with Gasteiger partial charge in [0.1, 0.15) is 0 Å². The molecule has 8 aromatic carbocycles. The fourth-order valence-corrected chi connectivity index (χ4v) is 8.77. The highest BCUT2D eigenvalue weighted by Gasteiger charge is 2.31. The van der Waals surface area contributed by atoms with Crippen molar-refractivity contribution in [2.45, 2.75) is 70.8 Å². The first-order valence-corrected chi connectivity index (χ1v) is 32.2. The van der Waals surface area contributed by atoms with Crippen LogP contribution in [0.25, 0.3) is 46.2 Å². The number of halogens is 3. The van der Waals surface area contributed by atoms with Gasteiger partial charge in [0.25, 0.3) is 35.4 Å². The normalized spacial score (nSPS) is 12.3. The molecule has 0 aliphatic heterocycles. The van der Waals surface area contributed by atoms with Crippen molar-refractivity contribution in [1.82, 2.24) is 16.0 Å². The smallest absolute Gasteiger partial charge is 0.370 e. The summed E-state index contributed by atoms with van der Waals surface area (Å²) in [6.07, 6.45) is 12.8. The molecule has 21 N–H and O–H groups in total.